The van der Waals surface area contributed by atoms with Crippen LogP contribution in [0.3, 0.4) is 0 Å². The van der Waals surface area contributed by atoms with Crippen molar-refractivity contribution in [1.29, 1.82) is 0 Å². The Labute approximate surface area is 108 Å². The lowest BCUT2D eigenvalue weighted by molar-refractivity contribution is 0.509. The molecule has 0 fully saturated rings. The van der Waals surface area contributed by atoms with Crippen molar-refractivity contribution < 1.29 is 0 Å². The van der Waals surface area contributed by atoms with Crippen molar-refractivity contribution in [1.82, 2.24) is 14.9 Å². The predicted molar refractivity (Wildman–Crippen MR) is 74.5 cm³/mol. The second-order valence-electron chi connectivity index (χ2n) is 5.27. The van der Waals surface area contributed by atoms with Gasteiger partial charge in [-0.05, 0) is 30.9 Å². The molecule has 1 aromatic rings. The highest BCUT2D eigenvalue weighted by molar-refractivity contribution is 7.05. The minimum absolute atomic E-state index is 0.0512. The van der Waals surface area contributed by atoms with E-state index in [0.717, 1.165) is 25.1 Å². The quantitative estimate of drug-likeness (QED) is 0.789. The van der Waals surface area contributed by atoms with E-state index < -0.39 is 0 Å². The molecule has 1 atom stereocenters. The first kappa shape index (κ1) is 14.3. The van der Waals surface area contributed by atoms with Gasteiger partial charge in [-0.3, -0.25) is 0 Å². The minimum atomic E-state index is 0.0512. The second-order valence-corrected chi connectivity index (χ2v) is 6.05. The van der Waals surface area contributed by atoms with E-state index in [2.05, 4.69) is 49.2 Å². The molecule has 0 bridgehead atoms. The fourth-order valence-corrected chi connectivity index (χ4v) is 2.67. The maximum absolute atomic E-state index is 4.29. The average Bonchev–Trinajstić information content (AvgIpc) is 2.72. The molecule has 1 unspecified atom stereocenters. The molecule has 1 rings (SSSR count). The van der Waals surface area contributed by atoms with Crippen molar-refractivity contribution >= 4 is 11.5 Å². The summed E-state index contributed by atoms with van der Waals surface area (Å²) in [5, 5.41) is 7.84. The lowest BCUT2D eigenvalue weighted by Crippen LogP contribution is -2.24. The summed E-state index contributed by atoms with van der Waals surface area (Å²) in [5.41, 5.74) is 1.16. The summed E-state index contributed by atoms with van der Waals surface area (Å²) >= 11 is 1.50. The highest BCUT2D eigenvalue weighted by Gasteiger charge is 2.26. The summed E-state index contributed by atoms with van der Waals surface area (Å²) in [5.74, 6) is 0. The number of hydrogen-bond acceptors (Lipinski definition) is 4. The van der Waals surface area contributed by atoms with E-state index in [9.17, 15) is 0 Å². The van der Waals surface area contributed by atoms with Gasteiger partial charge in [0.1, 0.15) is 0 Å². The van der Waals surface area contributed by atoms with Crippen molar-refractivity contribution in [2.45, 2.75) is 52.0 Å². The molecule has 96 valence electrons. The van der Waals surface area contributed by atoms with Gasteiger partial charge in [0.25, 0.3) is 0 Å². The van der Waals surface area contributed by atoms with Crippen LogP contribution in [0.25, 0.3) is 0 Å². The van der Waals surface area contributed by atoms with E-state index in [1.165, 1.54) is 16.4 Å². The standard InChI is InChI=1S/C13H23N3S/c1-6-8-10(14-9-7-2)11-12(13(3,4)5)15-16-17-11/h6,10,14H,1,7-9H2,2-5H3. The number of hydrogen-bond donors (Lipinski definition) is 1. The summed E-state index contributed by atoms with van der Waals surface area (Å²) < 4.78 is 4.12. The Kier molecular flexibility index (Phi) is 5.28. The van der Waals surface area contributed by atoms with E-state index in [0.29, 0.717) is 6.04 Å². The molecule has 0 spiro atoms. The van der Waals surface area contributed by atoms with Crippen LogP contribution < -0.4 is 5.32 Å². The Balaban J connectivity index is 2.93. The number of nitrogens with zero attached hydrogens (tertiary/aromatic N) is 2. The van der Waals surface area contributed by atoms with Crippen molar-refractivity contribution in [2.75, 3.05) is 6.54 Å². The smallest absolute Gasteiger partial charge is 0.0857 e. The molecule has 0 aromatic carbocycles. The van der Waals surface area contributed by atoms with Gasteiger partial charge in [0, 0.05) is 11.5 Å². The highest BCUT2D eigenvalue weighted by atomic mass is 32.1. The SMILES string of the molecule is C=CCC(NCCC)c1snnc1C(C)(C)C. The van der Waals surface area contributed by atoms with Crippen LogP contribution in [-0.4, -0.2) is 16.1 Å². The first-order valence-electron chi connectivity index (χ1n) is 6.17. The lowest BCUT2D eigenvalue weighted by atomic mass is 9.89. The molecule has 0 saturated heterocycles. The van der Waals surface area contributed by atoms with E-state index in [1.807, 2.05) is 6.08 Å². The van der Waals surface area contributed by atoms with E-state index >= 15 is 0 Å². The summed E-state index contributed by atoms with van der Waals surface area (Å²) in [6.07, 6.45) is 4.01. The normalized spacial score (nSPS) is 13.6. The molecule has 0 amide bonds. The molecule has 1 aromatic heterocycles. The van der Waals surface area contributed by atoms with Gasteiger partial charge in [-0.15, -0.1) is 11.7 Å². The monoisotopic (exact) mass is 253 g/mol. The first-order chi connectivity index (χ1) is 8.00. The zero-order valence-electron chi connectivity index (χ0n) is 11.3. The summed E-state index contributed by atoms with van der Waals surface area (Å²) in [7, 11) is 0. The molecule has 0 saturated carbocycles. The Bertz CT molecular complexity index is 352. The Morgan fingerprint density at radius 3 is 2.71 bits per heavy atom. The van der Waals surface area contributed by atoms with E-state index in [1.54, 1.807) is 0 Å². The third-order valence-electron chi connectivity index (χ3n) is 2.58. The van der Waals surface area contributed by atoms with Crippen LogP contribution in [0.1, 0.15) is 57.1 Å². The van der Waals surface area contributed by atoms with Crippen LogP contribution in [0.2, 0.25) is 0 Å². The maximum Gasteiger partial charge on any atom is 0.0857 e. The second kappa shape index (κ2) is 6.26. The molecule has 0 aliphatic heterocycles. The largest absolute Gasteiger partial charge is 0.309 e. The van der Waals surface area contributed by atoms with Crippen molar-refractivity contribution in [2.24, 2.45) is 0 Å². The molecule has 3 nitrogen and oxygen atoms in total. The minimum Gasteiger partial charge on any atom is -0.309 e. The summed E-state index contributed by atoms with van der Waals surface area (Å²) in [6.45, 7) is 13.6. The summed E-state index contributed by atoms with van der Waals surface area (Å²) in [4.78, 5) is 1.26. The number of aromatic nitrogens is 2. The average molecular weight is 253 g/mol. The Morgan fingerprint density at radius 2 is 2.18 bits per heavy atom. The van der Waals surface area contributed by atoms with Gasteiger partial charge in [0.15, 0.2) is 0 Å². The van der Waals surface area contributed by atoms with Crippen molar-refractivity contribution in [3.05, 3.63) is 23.2 Å². The van der Waals surface area contributed by atoms with Gasteiger partial charge < -0.3 is 5.32 Å². The van der Waals surface area contributed by atoms with Gasteiger partial charge >= 0.3 is 0 Å². The van der Waals surface area contributed by atoms with Crippen molar-refractivity contribution in [3.63, 3.8) is 0 Å². The van der Waals surface area contributed by atoms with Gasteiger partial charge in [-0.25, -0.2) is 0 Å². The van der Waals surface area contributed by atoms with Crippen LogP contribution in [0, 0.1) is 0 Å². The fourth-order valence-electron chi connectivity index (χ4n) is 1.71. The molecule has 17 heavy (non-hydrogen) atoms. The molecule has 1 heterocycles. The predicted octanol–water partition coefficient (Wildman–Crippen LogP) is 3.45. The molecule has 4 heteroatoms. The summed E-state index contributed by atoms with van der Waals surface area (Å²) in [6, 6.07) is 0.307. The zero-order valence-corrected chi connectivity index (χ0v) is 12.1. The molecular formula is C13H23N3S. The van der Waals surface area contributed by atoms with Crippen LogP contribution in [0.15, 0.2) is 12.7 Å². The van der Waals surface area contributed by atoms with Crippen LogP contribution in [0.4, 0.5) is 0 Å². The van der Waals surface area contributed by atoms with Crippen molar-refractivity contribution in [3.8, 4) is 0 Å². The van der Waals surface area contributed by atoms with Gasteiger partial charge in [-0.2, -0.15) is 0 Å². The lowest BCUT2D eigenvalue weighted by Gasteiger charge is -2.21. The van der Waals surface area contributed by atoms with E-state index in [-0.39, 0.29) is 5.41 Å². The Morgan fingerprint density at radius 1 is 1.47 bits per heavy atom. The zero-order chi connectivity index (χ0) is 12.9. The van der Waals surface area contributed by atoms with Gasteiger partial charge in [-0.1, -0.05) is 38.3 Å². The molecule has 0 aliphatic rings. The third-order valence-corrected chi connectivity index (χ3v) is 3.42. The maximum atomic E-state index is 4.29. The van der Waals surface area contributed by atoms with E-state index in [4.69, 9.17) is 0 Å². The van der Waals surface area contributed by atoms with Gasteiger partial charge in [0.2, 0.25) is 0 Å². The molecule has 1 N–H and O–H groups in total. The molecule has 0 radical (unpaired) electrons. The highest BCUT2D eigenvalue weighted by Crippen LogP contribution is 2.31. The van der Waals surface area contributed by atoms with Gasteiger partial charge in [0.05, 0.1) is 10.6 Å². The Hall–Kier alpha value is -0.740. The molecule has 0 aliphatic carbocycles. The number of nitrogens with one attached hydrogen (secondary N) is 1. The third kappa shape index (κ3) is 3.89. The fraction of sp³-hybridized carbons (Fsp3) is 0.692. The van der Waals surface area contributed by atoms with Crippen LogP contribution in [0.5, 0.6) is 0 Å². The topological polar surface area (TPSA) is 37.8 Å². The number of rotatable bonds is 6. The van der Waals surface area contributed by atoms with Crippen LogP contribution >= 0.6 is 11.5 Å². The van der Waals surface area contributed by atoms with Crippen LogP contribution in [-0.2, 0) is 5.41 Å². The first-order valence-corrected chi connectivity index (χ1v) is 6.95. The molecular weight excluding hydrogens is 230 g/mol.